The Morgan fingerprint density at radius 3 is 1.87 bits per heavy atom. The van der Waals surface area contributed by atoms with E-state index in [1.165, 1.54) is 0 Å². The van der Waals surface area contributed by atoms with Crippen LogP contribution in [0.1, 0.15) is 11.1 Å². The van der Waals surface area contributed by atoms with E-state index in [0.717, 1.165) is 11.1 Å². The van der Waals surface area contributed by atoms with Gasteiger partial charge in [0.15, 0.2) is 6.61 Å². The monoisotopic (exact) mass is 418 g/mol. The first kappa shape index (κ1) is 22.1. The number of nitrogens with zero attached hydrogens (tertiary/aromatic N) is 1. The number of rotatable bonds is 10. The molecule has 160 valence electrons. The molecule has 6 nitrogen and oxygen atoms in total. The Kier molecular flexibility index (Phi) is 8.20. The summed E-state index contributed by atoms with van der Waals surface area (Å²) in [5.74, 6) is -0.144. The molecule has 0 saturated heterocycles. The van der Waals surface area contributed by atoms with Crippen LogP contribution in [0.4, 0.5) is 5.69 Å². The molecule has 0 atom stereocenters. The van der Waals surface area contributed by atoms with Crippen LogP contribution in [0.25, 0.3) is 0 Å². The van der Waals surface area contributed by atoms with Crippen molar-refractivity contribution in [2.75, 3.05) is 25.6 Å². The molecule has 0 saturated carbocycles. The average molecular weight is 418 g/mol. The van der Waals surface area contributed by atoms with Crippen LogP contribution in [-0.4, -0.2) is 37.0 Å². The number of esters is 1. The molecule has 1 amide bonds. The molecule has 6 heteroatoms. The Hall–Kier alpha value is -3.64. The Labute approximate surface area is 182 Å². The number of amides is 1. The lowest BCUT2D eigenvalue weighted by Gasteiger charge is -2.21. The van der Waals surface area contributed by atoms with Crippen LogP contribution in [-0.2, 0) is 27.4 Å². The number of hydrogen-bond donors (Lipinski definition) is 1. The van der Waals surface area contributed by atoms with Gasteiger partial charge in [0.25, 0.3) is 5.91 Å². The van der Waals surface area contributed by atoms with E-state index in [0.29, 0.717) is 24.5 Å². The summed E-state index contributed by atoms with van der Waals surface area (Å²) in [6.45, 7) is 0.945. The minimum atomic E-state index is -0.447. The predicted molar refractivity (Wildman–Crippen MR) is 120 cm³/mol. The number of ether oxygens (including phenoxy) is 2. The van der Waals surface area contributed by atoms with Gasteiger partial charge in [-0.15, -0.1) is 0 Å². The molecule has 3 rings (SSSR count). The quantitative estimate of drug-likeness (QED) is 0.506. The van der Waals surface area contributed by atoms with Crippen LogP contribution in [0.2, 0.25) is 0 Å². The molecule has 0 radical (unpaired) electrons. The number of carbonyl (C=O) groups is 2. The van der Waals surface area contributed by atoms with Crippen LogP contribution in [0.3, 0.4) is 0 Å². The Morgan fingerprint density at radius 2 is 1.35 bits per heavy atom. The van der Waals surface area contributed by atoms with E-state index in [2.05, 4.69) is 5.32 Å². The standard InChI is InChI=1S/C25H26N2O4/c1-30-23-14-12-22(13-15-23)26-24(28)19-31-25(29)18-27(16-20-8-4-2-5-9-20)17-21-10-6-3-7-11-21/h2-15H,16-19H2,1H3,(H,26,28). The highest BCUT2D eigenvalue weighted by Crippen LogP contribution is 2.15. The lowest BCUT2D eigenvalue weighted by Crippen LogP contribution is -2.32. The van der Waals surface area contributed by atoms with Gasteiger partial charge in [0.1, 0.15) is 5.75 Å². The third kappa shape index (κ3) is 7.60. The zero-order valence-corrected chi connectivity index (χ0v) is 17.5. The first-order chi connectivity index (χ1) is 15.1. The van der Waals surface area contributed by atoms with Crippen molar-refractivity contribution in [1.82, 2.24) is 4.90 Å². The molecule has 0 aliphatic carbocycles. The molecule has 31 heavy (non-hydrogen) atoms. The van der Waals surface area contributed by atoms with Gasteiger partial charge < -0.3 is 14.8 Å². The maximum absolute atomic E-state index is 12.4. The van der Waals surface area contributed by atoms with E-state index in [4.69, 9.17) is 9.47 Å². The van der Waals surface area contributed by atoms with Crippen molar-refractivity contribution in [1.29, 1.82) is 0 Å². The number of nitrogens with one attached hydrogen (secondary N) is 1. The Bertz CT molecular complexity index is 918. The fourth-order valence-electron chi connectivity index (χ4n) is 3.10. The van der Waals surface area contributed by atoms with Crippen molar-refractivity contribution >= 4 is 17.6 Å². The molecule has 0 aromatic heterocycles. The van der Waals surface area contributed by atoms with Gasteiger partial charge in [-0.3, -0.25) is 14.5 Å². The van der Waals surface area contributed by atoms with Gasteiger partial charge in [-0.1, -0.05) is 60.7 Å². The maximum atomic E-state index is 12.4. The largest absolute Gasteiger partial charge is 0.497 e. The number of anilines is 1. The summed E-state index contributed by atoms with van der Waals surface area (Å²) in [5.41, 5.74) is 2.81. The molecule has 0 bridgehead atoms. The molecule has 3 aromatic rings. The van der Waals surface area contributed by atoms with Crippen LogP contribution in [0.5, 0.6) is 5.75 Å². The van der Waals surface area contributed by atoms with E-state index >= 15 is 0 Å². The summed E-state index contributed by atoms with van der Waals surface area (Å²) >= 11 is 0. The highest BCUT2D eigenvalue weighted by atomic mass is 16.5. The molecule has 0 spiro atoms. The smallest absolute Gasteiger partial charge is 0.320 e. The number of hydrogen-bond acceptors (Lipinski definition) is 5. The van der Waals surface area contributed by atoms with Crippen LogP contribution < -0.4 is 10.1 Å². The van der Waals surface area contributed by atoms with Crippen molar-refractivity contribution in [3.05, 3.63) is 96.1 Å². The van der Waals surface area contributed by atoms with Crippen molar-refractivity contribution in [2.45, 2.75) is 13.1 Å². The van der Waals surface area contributed by atoms with Crippen LogP contribution in [0, 0.1) is 0 Å². The summed E-state index contributed by atoms with van der Waals surface area (Å²) in [6, 6.07) is 26.8. The molecule has 0 unspecified atom stereocenters. The topological polar surface area (TPSA) is 67.9 Å². The molecular weight excluding hydrogens is 392 g/mol. The Balaban J connectivity index is 1.53. The molecule has 0 aliphatic heterocycles. The minimum Gasteiger partial charge on any atom is -0.497 e. The number of carbonyl (C=O) groups excluding carboxylic acids is 2. The normalized spacial score (nSPS) is 10.5. The van der Waals surface area contributed by atoms with Crippen molar-refractivity contribution in [2.24, 2.45) is 0 Å². The highest BCUT2D eigenvalue weighted by Gasteiger charge is 2.15. The summed E-state index contributed by atoms with van der Waals surface area (Å²) in [7, 11) is 1.58. The summed E-state index contributed by atoms with van der Waals surface area (Å²) in [4.78, 5) is 26.5. The molecule has 0 heterocycles. The van der Waals surface area contributed by atoms with Gasteiger partial charge in [-0.05, 0) is 35.4 Å². The molecule has 3 aromatic carbocycles. The van der Waals surface area contributed by atoms with Crippen LogP contribution >= 0.6 is 0 Å². The van der Waals surface area contributed by atoms with Crippen molar-refractivity contribution in [3.8, 4) is 5.75 Å². The number of benzene rings is 3. The fraction of sp³-hybridized carbons (Fsp3) is 0.200. The van der Waals surface area contributed by atoms with Crippen LogP contribution in [0.15, 0.2) is 84.9 Å². The zero-order valence-electron chi connectivity index (χ0n) is 17.5. The average Bonchev–Trinajstić information content (AvgIpc) is 2.79. The molecule has 1 N–H and O–H groups in total. The Morgan fingerprint density at radius 1 is 0.806 bits per heavy atom. The van der Waals surface area contributed by atoms with E-state index in [-0.39, 0.29) is 13.2 Å². The van der Waals surface area contributed by atoms with E-state index in [1.54, 1.807) is 31.4 Å². The zero-order chi connectivity index (χ0) is 21.9. The van der Waals surface area contributed by atoms with Gasteiger partial charge in [0.2, 0.25) is 0 Å². The third-order valence-electron chi connectivity index (χ3n) is 4.59. The van der Waals surface area contributed by atoms with Gasteiger partial charge in [-0.25, -0.2) is 0 Å². The highest BCUT2D eigenvalue weighted by molar-refractivity contribution is 5.92. The lowest BCUT2D eigenvalue weighted by molar-refractivity contribution is -0.148. The minimum absolute atomic E-state index is 0.0829. The van der Waals surface area contributed by atoms with E-state index < -0.39 is 11.9 Å². The van der Waals surface area contributed by atoms with Gasteiger partial charge in [-0.2, -0.15) is 0 Å². The first-order valence-electron chi connectivity index (χ1n) is 10.0. The predicted octanol–water partition coefficient (Wildman–Crippen LogP) is 3.88. The first-order valence-corrected chi connectivity index (χ1v) is 10.0. The summed E-state index contributed by atoms with van der Waals surface area (Å²) in [5, 5.41) is 2.70. The second-order valence-corrected chi connectivity index (χ2v) is 7.05. The van der Waals surface area contributed by atoms with Gasteiger partial charge in [0, 0.05) is 18.8 Å². The van der Waals surface area contributed by atoms with E-state index in [9.17, 15) is 9.59 Å². The van der Waals surface area contributed by atoms with Gasteiger partial charge in [0.05, 0.1) is 13.7 Å². The lowest BCUT2D eigenvalue weighted by atomic mass is 10.1. The number of methoxy groups -OCH3 is 1. The second kappa shape index (κ2) is 11.5. The molecule has 0 fully saturated rings. The SMILES string of the molecule is COc1ccc(NC(=O)COC(=O)CN(Cc2ccccc2)Cc2ccccc2)cc1. The van der Waals surface area contributed by atoms with Gasteiger partial charge >= 0.3 is 5.97 Å². The van der Waals surface area contributed by atoms with Crippen molar-refractivity contribution < 1.29 is 19.1 Å². The molecule has 0 aliphatic rings. The summed E-state index contributed by atoms with van der Waals surface area (Å²) < 4.78 is 10.3. The molecular formula is C25H26N2O4. The van der Waals surface area contributed by atoms with Crippen molar-refractivity contribution in [3.63, 3.8) is 0 Å². The summed E-state index contributed by atoms with van der Waals surface area (Å²) in [6.07, 6.45) is 0. The van der Waals surface area contributed by atoms with E-state index in [1.807, 2.05) is 65.6 Å². The fourth-order valence-corrected chi connectivity index (χ4v) is 3.10. The maximum Gasteiger partial charge on any atom is 0.320 e. The third-order valence-corrected chi connectivity index (χ3v) is 4.59. The second-order valence-electron chi connectivity index (χ2n) is 7.05.